The molecule has 14 heavy (non-hydrogen) atoms. The fourth-order valence-electron chi connectivity index (χ4n) is 1.74. The second kappa shape index (κ2) is 4.89. The van der Waals surface area contributed by atoms with Gasteiger partial charge in [-0.2, -0.15) is 0 Å². The van der Waals surface area contributed by atoms with Crippen LogP contribution in [0.5, 0.6) is 0 Å². The molecule has 0 aromatic heterocycles. The molecule has 0 N–H and O–H groups in total. The molecule has 0 heterocycles. The maximum atomic E-state index is 11.4. The Labute approximate surface area is 85.8 Å². The highest BCUT2D eigenvalue weighted by Crippen LogP contribution is 2.42. The highest BCUT2D eigenvalue weighted by Gasteiger charge is 2.50. The van der Waals surface area contributed by atoms with Gasteiger partial charge < -0.3 is 9.47 Å². The van der Waals surface area contributed by atoms with Crippen LogP contribution in [0.3, 0.4) is 0 Å². The van der Waals surface area contributed by atoms with Crippen LogP contribution in [0.1, 0.15) is 33.6 Å². The summed E-state index contributed by atoms with van der Waals surface area (Å²) in [6.45, 7) is 7.93. The molecule has 1 rings (SSSR count). The van der Waals surface area contributed by atoms with Crippen LogP contribution in [0.25, 0.3) is 0 Å². The minimum atomic E-state index is -0.230. The maximum absolute atomic E-state index is 11.4. The monoisotopic (exact) mass is 200 g/mol. The van der Waals surface area contributed by atoms with Gasteiger partial charge in [-0.05, 0) is 13.3 Å². The lowest BCUT2D eigenvalue weighted by molar-refractivity contribution is -0.163. The van der Waals surface area contributed by atoms with Crippen LogP contribution in [-0.2, 0) is 14.3 Å². The van der Waals surface area contributed by atoms with Crippen LogP contribution < -0.4 is 0 Å². The first kappa shape index (κ1) is 11.7. The van der Waals surface area contributed by atoms with E-state index in [1.54, 1.807) is 0 Å². The van der Waals surface area contributed by atoms with Crippen LogP contribution in [0.15, 0.2) is 0 Å². The van der Waals surface area contributed by atoms with Gasteiger partial charge in [0.2, 0.25) is 0 Å². The summed E-state index contributed by atoms with van der Waals surface area (Å²) in [4.78, 5) is 11.4. The van der Waals surface area contributed by atoms with Crippen molar-refractivity contribution in [2.75, 3.05) is 19.8 Å². The number of ether oxygens (including phenoxy) is 2. The predicted octanol–water partition coefficient (Wildman–Crippen LogP) is 1.80. The van der Waals surface area contributed by atoms with Crippen LogP contribution in [0, 0.1) is 5.41 Å². The molecular weight excluding hydrogens is 180 g/mol. The maximum Gasteiger partial charge on any atom is 0.143 e. The molecule has 1 aliphatic rings. The Morgan fingerprint density at radius 1 is 1.43 bits per heavy atom. The summed E-state index contributed by atoms with van der Waals surface area (Å²) in [5.74, 6) is 0.335. The first-order valence-electron chi connectivity index (χ1n) is 5.37. The topological polar surface area (TPSA) is 35.5 Å². The summed E-state index contributed by atoms with van der Waals surface area (Å²) in [5.41, 5.74) is -0.230. The number of rotatable bonds is 6. The lowest BCUT2D eigenvalue weighted by Crippen LogP contribution is -2.53. The van der Waals surface area contributed by atoms with Gasteiger partial charge in [0.1, 0.15) is 5.78 Å². The molecule has 1 aliphatic carbocycles. The van der Waals surface area contributed by atoms with Gasteiger partial charge in [-0.1, -0.05) is 13.8 Å². The molecule has 3 nitrogen and oxygen atoms in total. The van der Waals surface area contributed by atoms with E-state index >= 15 is 0 Å². The average Bonchev–Trinajstić information content (AvgIpc) is 2.21. The van der Waals surface area contributed by atoms with Crippen molar-refractivity contribution in [3.05, 3.63) is 0 Å². The molecular formula is C11H20O3. The molecule has 1 fully saturated rings. The van der Waals surface area contributed by atoms with E-state index < -0.39 is 0 Å². The van der Waals surface area contributed by atoms with Crippen molar-refractivity contribution in [1.82, 2.24) is 0 Å². The van der Waals surface area contributed by atoms with Crippen molar-refractivity contribution in [1.29, 1.82) is 0 Å². The largest absolute Gasteiger partial charge is 0.379 e. The highest BCUT2D eigenvalue weighted by molar-refractivity contribution is 5.91. The molecule has 0 aromatic rings. The highest BCUT2D eigenvalue weighted by atomic mass is 16.5. The predicted molar refractivity (Wildman–Crippen MR) is 54.3 cm³/mol. The Morgan fingerprint density at radius 2 is 2.14 bits per heavy atom. The molecule has 82 valence electrons. The zero-order valence-corrected chi connectivity index (χ0v) is 9.34. The first-order valence-corrected chi connectivity index (χ1v) is 5.37. The van der Waals surface area contributed by atoms with E-state index in [-0.39, 0.29) is 11.5 Å². The normalized spacial score (nSPS) is 31.6. The average molecular weight is 200 g/mol. The van der Waals surface area contributed by atoms with E-state index in [2.05, 4.69) is 0 Å². The molecule has 2 atom stereocenters. The van der Waals surface area contributed by atoms with Gasteiger partial charge in [0.05, 0.1) is 24.7 Å². The fraction of sp³-hybridized carbons (Fsp3) is 0.909. The molecule has 0 aromatic carbocycles. The van der Waals surface area contributed by atoms with Crippen molar-refractivity contribution < 1.29 is 14.3 Å². The molecule has 0 spiro atoms. The van der Waals surface area contributed by atoms with E-state index in [9.17, 15) is 4.79 Å². The molecule has 1 saturated carbocycles. The van der Waals surface area contributed by atoms with E-state index in [0.717, 1.165) is 13.0 Å². The van der Waals surface area contributed by atoms with E-state index in [1.165, 1.54) is 0 Å². The summed E-state index contributed by atoms with van der Waals surface area (Å²) in [6, 6.07) is 0. The van der Waals surface area contributed by atoms with Gasteiger partial charge in [0.15, 0.2) is 0 Å². The van der Waals surface area contributed by atoms with Crippen molar-refractivity contribution in [3.63, 3.8) is 0 Å². The zero-order valence-electron chi connectivity index (χ0n) is 9.34. The minimum Gasteiger partial charge on any atom is -0.379 e. The zero-order chi connectivity index (χ0) is 10.6. The lowest BCUT2D eigenvalue weighted by Gasteiger charge is -2.44. The van der Waals surface area contributed by atoms with Crippen molar-refractivity contribution in [2.24, 2.45) is 5.41 Å². The Balaban J connectivity index is 2.23. The fourth-order valence-corrected chi connectivity index (χ4v) is 1.74. The number of hydrogen-bond donors (Lipinski definition) is 0. The van der Waals surface area contributed by atoms with E-state index in [0.29, 0.717) is 25.4 Å². The van der Waals surface area contributed by atoms with Crippen LogP contribution in [-0.4, -0.2) is 31.7 Å². The number of Topliss-reactive ketones (excluding diaryl/α,β-unsaturated/α-hetero) is 1. The van der Waals surface area contributed by atoms with E-state index in [4.69, 9.17) is 9.47 Å². The van der Waals surface area contributed by atoms with Crippen molar-refractivity contribution in [3.8, 4) is 0 Å². The van der Waals surface area contributed by atoms with Gasteiger partial charge in [0.25, 0.3) is 0 Å². The van der Waals surface area contributed by atoms with Crippen molar-refractivity contribution >= 4 is 5.78 Å². The van der Waals surface area contributed by atoms with E-state index in [1.807, 2.05) is 20.8 Å². The molecule has 0 amide bonds. The van der Waals surface area contributed by atoms with Crippen LogP contribution in [0.4, 0.5) is 0 Å². The van der Waals surface area contributed by atoms with Gasteiger partial charge in [-0.3, -0.25) is 4.79 Å². The van der Waals surface area contributed by atoms with Gasteiger partial charge >= 0.3 is 0 Å². The second-order valence-electron chi connectivity index (χ2n) is 3.95. The molecule has 2 unspecified atom stereocenters. The summed E-state index contributed by atoms with van der Waals surface area (Å²) in [5, 5.41) is 0. The molecule has 0 radical (unpaired) electrons. The third-order valence-electron chi connectivity index (χ3n) is 3.20. The second-order valence-corrected chi connectivity index (χ2v) is 3.95. The number of carbonyl (C=O) groups is 1. The summed E-state index contributed by atoms with van der Waals surface area (Å²) in [7, 11) is 0. The molecule has 0 bridgehead atoms. The standard InChI is InChI=1S/C11H20O3/c1-4-11(3)9(12)8-10(11)14-7-6-13-5-2/h10H,4-8H2,1-3H3. The Bertz CT molecular complexity index is 203. The minimum absolute atomic E-state index is 0.112. The quantitative estimate of drug-likeness (QED) is 0.613. The SMILES string of the molecule is CCOCCOC1CC(=O)C1(C)CC. The lowest BCUT2D eigenvalue weighted by atomic mass is 9.64. The van der Waals surface area contributed by atoms with Crippen LogP contribution >= 0.6 is 0 Å². The summed E-state index contributed by atoms with van der Waals surface area (Å²) in [6.07, 6.45) is 1.56. The Kier molecular flexibility index (Phi) is 4.08. The van der Waals surface area contributed by atoms with Gasteiger partial charge in [0, 0.05) is 13.0 Å². The third kappa shape index (κ3) is 2.15. The first-order chi connectivity index (χ1) is 6.65. The number of hydrogen-bond acceptors (Lipinski definition) is 3. The molecule has 3 heteroatoms. The molecule has 0 aliphatic heterocycles. The van der Waals surface area contributed by atoms with Gasteiger partial charge in [-0.25, -0.2) is 0 Å². The molecule has 0 saturated heterocycles. The van der Waals surface area contributed by atoms with Crippen molar-refractivity contribution in [2.45, 2.75) is 39.7 Å². The summed E-state index contributed by atoms with van der Waals surface area (Å²) < 4.78 is 10.8. The van der Waals surface area contributed by atoms with Gasteiger partial charge in [-0.15, -0.1) is 0 Å². The Morgan fingerprint density at radius 3 is 2.64 bits per heavy atom. The number of carbonyl (C=O) groups excluding carboxylic acids is 1. The summed E-state index contributed by atoms with van der Waals surface area (Å²) >= 11 is 0. The smallest absolute Gasteiger partial charge is 0.143 e. The van der Waals surface area contributed by atoms with Crippen LogP contribution in [0.2, 0.25) is 0 Å². The number of ketones is 1. The third-order valence-corrected chi connectivity index (χ3v) is 3.20. The Hall–Kier alpha value is -0.410.